The van der Waals surface area contributed by atoms with Gasteiger partial charge in [-0.3, -0.25) is 4.68 Å². The van der Waals surface area contributed by atoms with Gasteiger partial charge in [0.05, 0.1) is 18.3 Å². The Balaban J connectivity index is 1.68. The summed E-state index contributed by atoms with van der Waals surface area (Å²) in [5.74, 6) is 0.998. The molecule has 0 aliphatic rings. The molecule has 0 spiro atoms. The van der Waals surface area contributed by atoms with Crippen molar-refractivity contribution in [3.05, 3.63) is 54.2 Å². The SMILES string of the molecule is CC(C)n1ncc2cc(-c3nc(-c4ccc(CO)cc4)no3)ccc21. The van der Waals surface area contributed by atoms with Crippen LogP contribution in [0.2, 0.25) is 0 Å². The van der Waals surface area contributed by atoms with Crippen LogP contribution in [-0.4, -0.2) is 25.0 Å². The highest BCUT2D eigenvalue weighted by molar-refractivity contribution is 5.83. The van der Waals surface area contributed by atoms with Crippen LogP contribution in [-0.2, 0) is 6.61 Å². The molecule has 0 saturated carbocycles. The van der Waals surface area contributed by atoms with Gasteiger partial charge in [0.2, 0.25) is 5.82 Å². The fourth-order valence-corrected chi connectivity index (χ4v) is 2.81. The van der Waals surface area contributed by atoms with Crippen LogP contribution in [0, 0.1) is 0 Å². The van der Waals surface area contributed by atoms with Crippen LogP contribution in [0.3, 0.4) is 0 Å². The fourth-order valence-electron chi connectivity index (χ4n) is 2.81. The van der Waals surface area contributed by atoms with E-state index >= 15 is 0 Å². The monoisotopic (exact) mass is 334 g/mol. The van der Waals surface area contributed by atoms with E-state index in [4.69, 9.17) is 9.63 Å². The molecular weight excluding hydrogens is 316 g/mol. The molecule has 4 aromatic rings. The third-order valence-corrected chi connectivity index (χ3v) is 4.15. The Kier molecular flexibility index (Phi) is 3.82. The number of hydrogen-bond acceptors (Lipinski definition) is 5. The number of benzene rings is 2. The first kappa shape index (κ1) is 15.5. The summed E-state index contributed by atoms with van der Waals surface area (Å²) < 4.78 is 7.41. The molecule has 0 radical (unpaired) electrons. The summed E-state index contributed by atoms with van der Waals surface area (Å²) in [7, 11) is 0. The summed E-state index contributed by atoms with van der Waals surface area (Å²) in [6.07, 6.45) is 1.85. The molecule has 0 atom stereocenters. The van der Waals surface area contributed by atoms with Gasteiger partial charge in [0, 0.05) is 22.6 Å². The van der Waals surface area contributed by atoms with Crippen molar-refractivity contribution in [2.75, 3.05) is 0 Å². The molecule has 0 amide bonds. The third kappa shape index (κ3) is 2.81. The van der Waals surface area contributed by atoms with Crippen molar-refractivity contribution in [1.29, 1.82) is 0 Å². The smallest absolute Gasteiger partial charge is 0.258 e. The zero-order valence-corrected chi connectivity index (χ0v) is 14.0. The summed E-state index contributed by atoms with van der Waals surface area (Å²) in [6.45, 7) is 4.22. The molecule has 25 heavy (non-hydrogen) atoms. The maximum Gasteiger partial charge on any atom is 0.258 e. The second-order valence-electron chi connectivity index (χ2n) is 6.23. The second-order valence-corrected chi connectivity index (χ2v) is 6.23. The number of nitrogens with zero attached hydrogens (tertiary/aromatic N) is 4. The number of aromatic nitrogens is 4. The van der Waals surface area contributed by atoms with Gasteiger partial charge in [0.15, 0.2) is 0 Å². The molecule has 2 aromatic heterocycles. The van der Waals surface area contributed by atoms with Crippen molar-refractivity contribution in [2.24, 2.45) is 0 Å². The Hall–Kier alpha value is -2.99. The minimum Gasteiger partial charge on any atom is -0.392 e. The summed E-state index contributed by atoms with van der Waals surface area (Å²) >= 11 is 0. The molecule has 0 bridgehead atoms. The molecule has 0 saturated heterocycles. The largest absolute Gasteiger partial charge is 0.392 e. The zero-order chi connectivity index (χ0) is 17.4. The van der Waals surface area contributed by atoms with E-state index in [2.05, 4.69) is 29.1 Å². The maximum absolute atomic E-state index is 9.12. The van der Waals surface area contributed by atoms with Crippen LogP contribution in [0.25, 0.3) is 33.7 Å². The first-order valence-corrected chi connectivity index (χ1v) is 8.17. The van der Waals surface area contributed by atoms with Crippen LogP contribution < -0.4 is 0 Å². The van der Waals surface area contributed by atoms with E-state index in [1.165, 1.54) is 0 Å². The Morgan fingerprint density at radius 2 is 1.84 bits per heavy atom. The van der Waals surface area contributed by atoms with Gasteiger partial charge in [0.1, 0.15) is 0 Å². The molecule has 4 rings (SSSR count). The minimum absolute atomic E-state index is 0.0157. The molecule has 2 heterocycles. The van der Waals surface area contributed by atoms with Crippen molar-refractivity contribution in [1.82, 2.24) is 19.9 Å². The minimum atomic E-state index is 0.0157. The van der Waals surface area contributed by atoms with Crippen molar-refractivity contribution < 1.29 is 9.63 Å². The molecule has 126 valence electrons. The number of fused-ring (bicyclic) bond motifs is 1. The molecule has 0 aliphatic carbocycles. The first-order chi connectivity index (χ1) is 12.2. The lowest BCUT2D eigenvalue weighted by Crippen LogP contribution is -2.01. The van der Waals surface area contributed by atoms with E-state index in [-0.39, 0.29) is 6.61 Å². The Morgan fingerprint density at radius 3 is 2.56 bits per heavy atom. The molecule has 2 aromatic carbocycles. The predicted octanol–water partition coefficient (Wildman–Crippen LogP) is 3.83. The summed E-state index contributed by atoms with van der Waals surface area (Å²) in [5.41, 5.74) is 3.64. The van der Waals surface area contributed by atoms with E-state index in [1.54, 1.807) is 0 Å². The van der Waals surface area contributed by atoms with Crippen molar-refractivity contribution >= 4 is 10.9 Å². The van der Waals surface area contributed by atoms with Crippen LogP contribution in [0.1, 0.15) is 25.5 Å². The Bertz CT molecular complexity index is 1020. The normalized spacial score (nSPS) is 11.5. The van der Waals surface area contributed by atoms with E-state index < -0.39 is 0 Å². The molecule has 6 nitrogen and oxygen atoms in total. The molecule has 6 heteroatoms. The van der Waals surface area contributed by atoms with Crippen LogP contribution in [0.15, 0.2) is 53.2 Å². The predicted molar refractivity (Wildman–Crippen MR) is 94.8 cm³/mol. The summed E-state index contributed by atoms with van der Waals surface area (Å²) in [6, 6.07) is 13.7. The van der Waals surface area contributed by atoms with Gasteiger partial charge in [-0.15, -0.1) is 0 Å². The average molecular weight is 334 g/mol. The molecule has 0 fully saturated rings. The van der Waals surface area contributed by atoms with Gasteiger partial charge < -0.3 is 9.63 Å². The quantitative estimate of drug-likeness (QED) is 0.614. The molecule has 0 unspecified atom stereocenters. The standard InChI is InChI=1S/C19H18N4O2/c1-12(2)23-17-8-7-15(9-16(17)10-20-23)19-21-18(22-25-19)14-5-3-13(11-24)4-6-14/h3-10,12,24H,11H2,1-2H3. The number of hydrogen-bond donors (Lipinski definition) is 1. The molecule has 0 aliphatic heterocycles. The maximum atomic E-state index is 9.12. The van der Waals surface area contributed by atoms with Gasteiger partial charge in [-0.1, -0.05) is 29.4 Å². The molecule has 1 N–H and O–H groups in total. The van der Waals surface area contributed by atoms with E-state index in [9.17, 15) is 0 Å². The van der Waals surface area contributed by atoms with E-state index in [0.717, 1.165) is 27.6 Å². The van der Waals surface area contributed by atoms with E-state index in [1.807, 2.05) is 53.3 Å². The van der Waals surface area contributed by atoms with Crippen LogP contribution >= 0.6 is 0 Å². The second kappa shape index (κ2) is 6.14. The van der Waals surface area contributed by atoms with Crippen LogP contribution in [0.4, 0.5) is 0 Å². The fraction of sp³-hybridized carbons (Fsp3) is 0.211. The third-order valence-electron chi connectivity index (χ3n) is 4.15. The summed E-state index contributed by atoms with van der Waals surface area (Å²) in [4.78, 5) is 4.49. The molecular formula is C19H18N4O2. The van der Waals surface area contributed by atoms with Crippen molar-refractivity contribution in [3.63, 3.8) is 0 Å². The van der Waals surface area contributed by atoms with Gasteiger partial charge in [0.25, 0.3) is 5.89 Å². The lowest BCUT2D eigenvalue weighted by Gasteiger charge is -2.06. The topological polar surface area (TPSA) is 77.0 Å². The Labute approximate surface area is 144 Å². The highest BCUT2D eigenvalue weighted by atomic mass is 16.5. The van der Waals surface area contributed by atoms with Gasteiger partial charge in [-0.05, 0) is 37.6 Å². The zero-order valence-electron chi connectivity index (χ0n) is 14.0. The highest BCUT2D eigenvalue weighted by Crippen LogP contribution is 2.26. The summed E-state index contributed by atoms with van der Waals surface area (Å²) in [5, 5.41) is 18.6. The lowest BCUT2D eigenvalue weighted by molar-refractivity contribution is 0.282. The average Bonchev–Trinajstić information content (AvgIpc) is 3.28. The van der Waals surface area contributed by atoms with Gasteiger partial charge in [-0.25, -0.2) is 0 Å². The first-order valence-electron chi connectivity index (χ1n) is 8.17. The van der Waals surface area contributed by atoms with Gasteiger partial charge >= 0.3 is 0 Å². The lowest BCUT2D eigenvalue weighted by atomic mass is 10.1. The van der Waals surface area contributed by atoms with Crippen LogP contribution in [0.5, 0.6) is 0 Å². The Morgan fingerprint density at radius 1 is 1.08 bits per heavy atom. The van der Waals surface area contributed by atoms with Crippen molar-refractivity contribution in [3.8, 4) is 22.8 Å². The highest BCUT2D eigenvalue weighted by Gasteiger charge is 2.13. The van der Waals surface area contributed by atoms with Gasteiger partial charge in [-0.2, -0.15) is 10.1 Å². The number of rotatable bonds is 4. The van der Waals surface area contributed by atoms with E-state index in [0.29, 0.717) is 17.8 Å². The van der Waals surface area contributed by atoms with Crippen molar-refractivity contribution in [2.45, 2.75) is 26.5 Å². The number of aliphatic hydroxyl groups is 1. The number of aliphatic hydroxyl groups excluding tert-OH is 1.